The van der Waals surface area contributed by atoms with E-state index in [9.17, 15) is 4.39 Å². The second-order valence-electron chi connectivity index (χ2n) is 7.30. The molecule has 0 unspecified atom stereocenters. The van der Waals surface area contributed by atoms with Crippen LogP contribution in [0.4, 0.5) is 4.39 Å². The smallest absolute Gasteiger partial charge is 0.138 e. The van der Waals surface area contributed by atoms with E-state index in [0.29, 0.717) is 16.8 Å². The standard InChI is InChI=1S/C19H28ClFN2O/c20-18-13-15(21)3-6-19(18)24-17-8-11-23(12-9-17)10-7-14-1-4-16(22)5-2-14/h3,6,13-14,16-17H,1-2,4-5,7-12,22H2/t14-,16-. The molecule has 1 heterocycles. The van der Waals surface area contributed by atoms with E-state index in [2.05, 4.69) is 4.90 Å². The van der Waals surface area contributed by atoms with Crippen molar-refractivity contribution in [1.82, 2.24) is 4.90 Å². The van der Waals surface area contributed by atoms with E-state index in [-0.39, 0.29) is 11.9 Å². The minimum Gasteiger partial charge on any atom is -0.489 e. The van der Waals surface area contributed by atoms with Crippen molar-refractivity contribution < 1.29 is 9.13 Å². The third-order valence-corrected chi connectivity index (χ3v) is 5.76. The van der Waals surface area contributed by atoms with Gasteiger partial charge >= 0.3 is 0 Å². The van der Waals surface area contributed by atoms with Gasteiger partial charge < -0.3 is 15.4 Å². The summed E-state index contributed by atoms with van der Waals surface area (Å²) in [5.41, 5.74) is 5.98. The molecule has 0 amide bonds. The summed E-state index contributed by atoms with van der Waals surface area (Å²) >= 11 is 6.04. The number of rotatable bonds is 5. The Labute approximate surface area is 149 Å². The summed E-state index contributed by atoms with van der Waals surface area (Å²) in [5, 5.41) is 0.355. The normalized spacial score (nSPS) is 26.5. The van der Waals surface area contributed by atoms with Gasteiger partial charge in [-0.25, -0.2) is 4.39 Å². The van der Waals surface area contributed by atoms with E-state index in [1.165, 1.54) is 50.8 Å². The molecule has 0 radical (unpaired) electrons. The van der Waals surface area contributed by atoms with Crippen LogP contribution >= 0.6 is 11.6 Å². The lowest BCUT2D eigenvalue weighted by Crippen LogP contribution is -2.39. The lowest BCUT2D eigenvalue weighted by molar-refractivity contribution is 0.0953. The second kappa shape index (κ2) is 8.50. The molecular formula is C19H28ClFN2O. The molecule has 0 aromatic heterocycles. The highest BCUT2D eigenvalue weighted by Crippen LogP contribution is 2.29. The summed E-state index contributed by atoms with van der Waals surface area (Å²) in [6.45, 7) is 3.31. The van der Waals surface area contributed by atoms with Crippen LogP contribution in [0, 0.1) is 11.7 Å². The molecule has 0 atom stereocenters. The molecule has 1 saturated carbocycles. The van der Waals surface area contributed by atoms with Gasteiger partial charge in [-0.15, -0.1) is 0 Å². The van der Waals surface area contributed by atoms with Gasteiger partial charge in [-0.3, -0.25) is 0 Å². The zero-order valence-corrected chi connectivity index (χ0v) is 15.0. The van der Waals surface area contributed by atoms with Crippen LogP contribution in [0.15, 0.2) is 18.2 Å². The Morgan fingerprint density at radius 1 is 1.12 bits per heavy atom. The number of ether oxygens (including phenoxy) is 1. The predicted molar refractivity (Wildman–Crippen MR) is 96.1 cm³/mol. The fourth-order valence-corrected chi connectivity index (χ4v) is 4.05. The Kier molecular flexibility index (Phi) is 6.37. The maximum Gasteiger partial charge on any atom is 0.138 e. The molecule has 1 aromatic rings. The minimum atomic E-state index is -0.328. The first kappa shape index (κ1) is 18.0. The maximum atomic E-state index is 13.1. The highest BCUT2D eigenvalue weighted by molar-refractivity contribution is 6.32. The Bertz CT molecular complexity index is 526. The summed E-state index contributed by atoms with van der Waals surface area (Å²) in [6.07, 6.45) is 8.46. The van der Waals surface area contributed by atoms with Gasteiger partial charge in [0, 0.05) is 19.1 Å². The molecule has 2 fully saturated rings. The van der Waals surface area contributed by atoms with E-state index >= 15 is 0 Å². The third kappa shape index (κ3) is 5.08. The van der Waals surface area contributed by atoms with Crippen LogP contribution in [0.25, 0.3) is 0 Å². The van der Waals surface area contributed by atoms with Crippen molar-refractivity contribution in [3.63, 3.8) is 0 Å². The SMILES string of the molecule is N[C@H]1CC[C@H](CCN2CCC(Oc3ccc(F)cc3Cl)CC2)CC1. The Hall–Kier alpha value is -0.840. The van der Waals surface area contributed by atoms with Crippen LogP contribution in [-0.2, 0) is 0 Å². The van der Waals surface area contributed by atoms with Gasteiger partial charge in [0.2, 0.25) is 0 Å². The molecule has 0 spiro atoms. The number of benzene rings is 1. The molecule has 0 bridgehead atoms. The van der Waals surface area contributed by atoms with Crippen LogP contribution in [0.3, 0.4) is 0 Å². The number of hydrogen-bond acceptors (Lipinski definition) is 3. The molecule has 134 valence electrons. The number of halogens is 2. The second-order valence-corrected chi connectivity index (χ2v) is 7.71. The first-order valence-corrected chi connectivity index (χ1v) is 9.57. The van der Waals surface area contributed by atoms with E-state index in [0.717, 1.165) is 31.8 Å². The van der Waals surface area contributed by atoms with Crippen molar-refractivity contribution in [3.8, 4) is 5.75 Å². The monoisotopic (exact) mass is 354 g/mol. The number of nitrogens with two attached hydrogens (primary N) is 1. The van der Waals surface area contributed by atoms with Gasteiger partial charge in [-0.2, -0.15) is 0 Å². The predicted octanol–water partition coefficient (Wildman–Crippen LogP) is 4.23. The van der Waals surface area contributed by atoms with Gasteiger partial charge in [0.15, 0.2) is 0 Å². The average Bonchev–Trinajstić information content (AvgIpc) is 2.58. The first-order valence-electron chi connectivity index (χ1n) is 9.20. The highest BCUT2D eigenvalue weighted by atomic mass is 35.5. The molecule has 1 aliphatic carbocycles. The molecule has 24 heavy (non-hydrogen) atoms. The Balaban J connectivity index is 1.38. The summed E-state index contributed by atoms with van der Waals surface area (Å²) in [5.74, 6) is 1.12. The molecule has 1 aromatic carbocycles. The zero-order chi connectivity index (χ0) is 16.9. The van der Waals surface area contributed by atoms with Crippen LogP contribution in [-0.4, -0.2) is 36.7 Å². The van der Waals surface area contributed by atoms with E-state index in [1.807, 2.05) is 0 Å². The van der Waals surface area contributed by atoms with Crippen molar-refractivity contribution >= 4 is 11.6 Å². The number of nitrogens with zero attached hydrogens (tertiary/aromatic N) is 1. The van der Waals surface area contributed by atoms with Crippen molar-refractivity contribution in [2.45, 2.75) is 57.1 Å². The van der Waals surface area contributed by atoms with Crippen molar-refractivity contribution in [2.24, 2.45) is 11.7 Å². The van der Waals surface area contributed by atoms with Crippen LogP contribution < -0.4 is 10.5 Å². The van der Waals surface area contributed by atoms with E-state index < -0.39 is 0 Å². The van der Waals surface area contributed by atoms with Crippen LogP contribution in [0.1, 0.15) is 44.9 Å². The number of piperidine rings is 1. The Morgan fingerprint density at radius 2 is 1.83 bits per heavy atom. The van der Waals surface area contributed by atoms with Crippen LogP contribution in [0.5, 0.6) is 5.75 Å². The summed E-state index contributed by atoms with van der Waals surface area (Å²) in [4.78, 5) is 2.54. The fraction of sp³-hybridized carbons (Fsp3) is 0.684. The van der Waals surface area contributed by atoms with Gasteiger partial charge in [0.1, 0.15) is 17.7 Å². The quantitative estimate of drug-likeness (QED) is 0.859. The van der Waals surface area contributed by atoms with Gasteiger partial charge in [0.25, 0.3) is 0 Å². The lowest BCUT2D eigenvalue weighted by Gasteiger charge is -2.34. The fourth-order valence-electron chi connectivity index (χ4n) is 3.84. The Morgan fingerprint density at radius 3 is 2.50 bits per heavy atom. The molecule has 1 aliphatic heterocycles. The topological polar surface area (TPSA) is 38.5 Å². The van der Waals surface area contributed by atoms with Crippen molar-refractivity contribution in [2.75, 3.05) is 19.6 Å². The molecule has 3 nitrogen and oxygen atoms in total. The van der Waals surface area contributed by atoms with Gasteiger partial charge in [-0.05, 0) is 75.6 Å². The molecule has 3 rings (SSSR count). The molecule has 5 heteroatoms. The van der Waals surface area contributed by atoms with Gasteiger partial charge in [0.05, 0.1) is 5.02 Å². The third-order valence-electron chi connectivity index (χ3n) is 5.47. The summed E-state index contributed by atoms with van der Waals surface area (Å²) in [6, 6.07) is 4.76. The zero-order valence-electron chi connectivity index (χ0n) is 14.2. The minimum absolute atomic E-state index is 0.178. The highest BCUT2D eigenvalue weighted by Gasteiger charge is 2.23. The number of hydrogen-bond donors (Lipinski definition) is 1. The summed E-state index contributed by atoms with van der Waals surface area (Å²) in [7, 11) is 0. The van der Waals surface area contributed by atoms with E-state index in [1.54, 1.807) is 6.07 Å². The van der Waals surface area contributed by atoms with Crippen molar-refractivity contribution in [1.29, 1.82) is 0 Å². The van der Waals surface area contributed by atoms with Crippen molar-refractivity contribution in [3.05, 3.63) is 29.0 Å². The lowest BCUT2D eigenvalue weighted by atomic mass is 9.84. The van der Waals surface area contributed by atoms with E-state index in [4.69, 9.17) is 22.1 Å². The summed E-state index contributed by atoms with van der Waals surface area (Å²) < 4.78 is 19.0. The molecular weight excluding hydrogens is 327 g/mol. The molecule has 2 N–H and O–H groups in total. The largest absolute Gasteiger partial charge is 0.489 e. The first-order chi connectivity index (χ1) is 11.6. The van der Waals surface area contributed by atoms with Gasteiger partial charge in [-0.1, -0.05) is 11.6 Å². The molecule has 1 saturated heterocycles. The molecule has 2 aliphatic rings. The van der Waals surface area contributed by atoms with Crippen LogP contribution in [0.2, 0.25) is 5.02 Å². The number of likely N-dealkylation sites (tertiary alicyclic amines) is 1. The average molecular weight is 355 g/mol. The maximum absolute atomic E-state index is 13.1.